The fraction of sp³-hybridized carbons (Fsp3) is 0.429. The maximum absolute atomic E-state index is 5.61. The predicted octanol–water partition coefficient (Wildman–Crippen LogP) is 1.18. The van der Waals surface area contributed by atoms with Gasteiger partial charge in [-0.05, 0) is 17.7 Å². The van der Waals surface area contributed by atoms with Crippen molar-refractivity contribution < 1.29 is 18.7 Å². The molecular formula is C14H17N3O4. The van der Waals surface area contributed by atoms with Crippen LogP contribution >= 0.6 is 0 Å². The van der Waals surface area contributed by atoms with Crippen LogP contribution in [0.15, 0.2) is 23.0 Å². The van der Waals surface area contributed by atoms with E-state index in [9.17, 15) is 0 Å². The number of methoxy groups -OCH3 is 1. The molecule has 0 spiro atoms. The molecule has 112 valence electrons. The van der Waals surface area contributed by atoms with Crippen molar-refractivity contribution in [1.29, 1.82) is 0 Å². The van der Waals surface area contributed by atoms with E-state index < -0.39 is 0 Å². The zero-order valence-corrected chi connectivity index (χ0v) is 11.8. The van der Waals surface area contributed by atoms with E-state index in [2.05, 4.69) is 15.5 Å². The van der Waals surface area contributed by atoms with Gasteiger partial charge in [0.05, 0.1) is 7.11 Å². The Labute approximate surface area is 122 Å². The summed E-state index contributed by atoms with van der Waals surface area (Å²) in [7, 11) is 1.63. The van der Waals surface area contributed by atoms with Gasteiger partial charge in [-0.3, -0.25) is 0 Å². The van der Waals surface area contributed by atoms with Crippen LogP contribution in [-0.4, -0.2) is 37.0 Å². The van der Waals surface area contributed by atoms with Crippen molar-refractivity contribution in [2.75, 3.05) is 26.9 Å². The van der Waals surface area contributed by atoms with E-state index in [1.165, 1.54) is 6.33 Å². The van der Waals surface area contributed by atoms with E-state index in [0.717, 1.165) is 17.9 Å². The summed E-state index contributed by atoms with van der Waals surface area (Å²) in [6.45, 7) is 2.55. The fourth-order valence-electron chi connectivity index (χ4n) is 2.16. The molecule has 1 aromatic carbocycles. The van der Waals surface area contributed by atoms with Gasteiger partial charge in [-0.1, -0.05) is 5.16 Å². The lowest BCUT2D eigenvalue weighted by atomic mass is 10.1. The standard InChI is InChI=1S/C14H17N3O4/c1-18-11-6-10(7-12-14(11)20-5-4-19-12)8-15-3-2-13-16-9-17-21-13/h6-7,9,15H,2-5,8H2,1H3. The molecule has 0 radical (unpaired) electrons. The number of fused-ring (bicyclic) bond motifs is 1. The molecule has 0 aliphatic carbocycles. The highest BCUT2D eigenvalue weighted by atomic mass is 16.6. The van der Waals surface area contributed by atoms with Crippen molar-refractivity contribution in [2.24, 2.45) is 0 Å². The lowest BCUT2D eigenvalue weighted by Gasteiger charge is -2.21. The quantitative estimate of drug-likeness (QED) is 0.801. The summed E-state index contributed by atoms with van der Waals surface area (Å²) >= 11 is 0. The van der Waals surface area contributed by atoms with Crippen molar-refractivity contribution in [3.05, 3.63) is 29.9 Å². The largest absolute Gasteiger partial charge is 0.493 e. The lowest BCUT2D eigenvalue weighted by Crippen LogP contribution is -2.19. The second kappa shape index (κ2) is 6.45. The van der Waals surface area contributed by atoms with E-state index in [0.29, 0.717) is 43.6 Å². The average Bonchev–Trinajstić information content (AvgIpc) is 3.04. The molecule has 7 heteroatoms. The molecule has 1 N–H and O–H groups in total. The summed E-state index contributed by atoms with van der Waals surface area (Å²) in [5.41, 5.74) is 1.07. The number of nitrogens with one attached hydrogen (secondary N) is 1. The van der Waals surface area contributed by atoms with Crippen molar-refractivity contribution in [3.8, 4) is 17.2 Å². The lowest BCUT2D eigenvalue weighted by molar-refractivity contribution is 0.165. The third-order valence-corrected chi connectivity index (χ3v) is 3.14. The highest BCUT2D eigenvalue weighted by Gasteiger charge is 2.18. The molecule has 0 amide bonds. The van der Waals surface area contributed by atoms with Gasteiger partial charge in [-0.15, -0.1) is 0 Å². The smallest absolute Gasteiger partial charge is 0.227 e. The van der Waals surface area contributed by atoms with Crippen molar-refractivity contribution in [2.45, 2.75) is 13.0 Å². The Bertz CT molecular complexity index is 569. The minimum atomic E-state index is 0.547. The summed E-state index contributed by atoms with van der Waals surface area (Å²) in [4.78, 5) is 3.97. The number of rotatable bonds is 6. The van der Waals surface area contributed by atoms with Gasteiger partial charge in [-0.2, -0.15) is 4.98 Å². The predicted molar refractivity (Wildman–Crippen MR) is 73.7 cm³/mol. The normalized spacial score (nSPS) is 13.2. The number of ether oxygens (including phenoxy) is 3. The minimum Gasteiger partial charge on any atom is -0.493 e. The van der Waals surface area contributed by atoms with Crippen molar-refractivity contribution in [1.82, 2.24) is 15.5 Å². The van der Waals surface area contributed by atoms with Crippen molar-refractivity contribution in [3.63, 3.8) is 0 Å². The monoisotopic (exact) mass is 291 g/mol. The second-order valence-electron chi connectivity index (χ2n) is 4.58. The summed E-state index contributed by atoms with van der Waals surface area (Å²) < 4.78 is 21.5. The Balaban J connectivity index is 1.60. The van der Waals surface area contributed by atoms with Crippen LogP contribution in [0.3, 0.4) is 0 Å². The van der Waals surface area contributed by atoms with Gasteiger partial charge in [0.1, 0.15) is 13.2 Å². The zero-order valence-electron chi connectivity index (χ0n) is 11.8. The highest BCUT2D eigenvalue weighted by Crippen LogP contribution is 2.40. The van der Waals surface area contributed by atoms with Crippen LogP contribution in [0.5, 0.6) is 17.2 Å². The summed E-state index contributed by atoms with van der Waals surface area (Å²) in [6.07, 6.45) is 2.10. The topological polar surface area (TPSA) is 78.6 Å². The summed E-state index contributed by atoms with van der Waals surface area (Å²) in [5.74, 6) is 2.73. The molecule has 0 atom stereocenters. The first-order valence-corrected chi connectivity index (χ1v) is 6.79. The maximum Gasteiger partial charge on any atom is 0.227 e. The number of nitrogens with zero attached hydrogens (tertiary/aromatic N) is 2. The van der Waals surface area contributed by atoms with E-state index in [-0.39, 0.29) is 0 Å². The second-order valence-corrected chi connectivity index (χ2v) is 4.58. The van der Waals surface area contributed by atoms with Crippen LogP contribution < -0.4 is 19.5 Å². The van der Waals surface area contributed by atoms with E-state index >= 15 is 0 Å². The first-order valence-electron chi connectivity index (χ1n) is 6.79. The number of aromatic nitrogens is 2. The van der Waals surface area contributed by atoms with Crippen LogP contribution in [0.25, 0.3) is 0 Å². The van der Waals surface area contributed by atoms with Crippen LogP contribution in [0, 0.1) is 0 Å². The zero-order chi connectivity index (χ0) is 14.5. The highest BCUT2D eigenvalue weighted by molar-refractivity contribution is 5.54. The Kier molecular flexibility index (Phi) is 4.20. The van der Waals surface area contributed by atoms with Gasteiger partial charge in [-0.25, -0.2) is 0 Å². The van der Waals surface area contributed by atoms with E-state index in [1.807, 2.05) is 12.1 Å². The molecule has 1 aliphatic rings. The van der Waals surface area contributed by atoms with Gasteiger partial charge in [0.25, 0.3) is 0 Å². The van der Waals surface area contributed by atoms with Gasteiger partial charge in [0.2, 0.25) is 11.6 Å². The van der Waals surface area contributed by atoms with Gasteiger partial charge in [0.15, 0.2) is 17.8 Å². The molecule has 21 heavy (non-hydrogen) atoms. The third kappa shape index (κ3) is 3.25. The molecule has 1 aliphatic heterocycles. The molecule has 2 heterocycles. The Hall–Kier alpha value is -2.28. The summed E-state index contributed by atoms with van der Waals surface area (Å²) in [5, 5.41) is 6.89. The van der Waals surface area contributed by atoms with Crippen LogP contribution in [-0.2, 0) is 13.0 Å². The molecule has 0 unspecified atom stereocenters. The molecule has 1 aromatic heterocycles. The number of hydrogen-bond acceptors (Lipinski definition) is 7. The van der Waals surface area contributed by atoms with Crippen molar-refractivity contribution >= 4 is 0 Å². The average molecular weight is 291 g/mol. The van der Waals surface area contributed by atoms with Gasteiger partial charge in [0, 0.05) is 19.5 Å². The minimum absolute atomic E-state index is 0.547. The number of hydrogen-bond donors (Lipinski definition) is 1. The van der Waals surface area contributed by atoms with Crippen LogP contribution in [0.2, 0.25) is 0 Å². The molecule has 0 bridgehead atoms. The first-order chi connectivity index (χ1) is 10.4. The third-order valence-electron chi connectivity index (χ3n) is 3.14. The van der Waals surface area contributed by atoms with E-state index in [4.69, 9.17) is 18.7 Å². The fourth-order valence-corrected chi connectivity index (χ4v) is 2.16. The summed E-state index contributed by atoms with van der Waals surface area (Å²) in [6, 6.07) is 3.92. The maximum atomic E-state index is 5.61. The molecule has 0 fully saturated rings. The molecular weight excluding hydrogens is 274 g/mol. The van der Waals surface area contributed by atoms with Crippen LogP contribution in [0.1, 0.15) is 11.5 Å². The molecule has 0 saturated heterocycles. The Morgan fingerprint density at radius 3 is 3.00 bits per heavy atom. The van der Waals surface area contributed by atoms with Gasteiger partial charge < -0.3 is 24.1 Å². The molecule has 0 saturated carbocycles. The first kappa shape index (κ1) is 13.7. The molecule has 3 rings (SSSR count). The Morgan fingerprint density at radius 1 is 1.29 bits per heavy atom. The molecule has 7 nitrogen and oxygen atoms in total. The van der Waals surface area contributed by atoms with Crippen LogP contribution in [0.4, 0.5) is 0 Å². The van der Waals surface area contributed by atoms with Gasteiger partial charge >= 0.3 is 0 Å². The SMILES string of the molecule is COc1cc(CNCCc2ncno2)cc2c1OCCO2. The molecule has 2 aromatic rings. The number of benzene rings is 1. The van der Waals surface area contributed by atoms with E-state index in [1.54, 1.807) is 7.11 Å². The Morgan fingerprint density at radius 2 is 2.19 bits per heavy atom.